The molecule has 1 heterocycles. The molecule has 0 aromatic heterocycles. The molecule has 1 fully saturated rings. The molecule has 1 saturated heterocycles. The van der Waals surface area contributed by atoms with Gasteiger partial charge in [0, 0.05) is 39.1 Å². The number of carbonyl (C=O) groups is 1. The van der Waals surface area contributed by atoms with Gasteiger partial charge < -0.3 is 20.3 Å². The van der Waals surface area contributed by atoms with Gasteiger partial charge in [-0.2, -0.15) is 0 Å². The van der Waals surface area contributed by atoms with Gasteiger partial charge in [-0.15, -0.1) is 0 Å². The molecule has 2 rings (SSSR count). The third-order valence-corrected chi connectivity index (χ3v) is 4.34. The Labute approximate surface area is 139 Å². The van der Waals surface area contributed by atoms with Gasteiger partial charge in [0.1, 0.15) is 5.75 Å². The predicted molar refractivity (Wildman–Crippen MR) is 93.0 cm³/mol. The van der Waals surface area contributed by atoms with Gasteiger partial charge >= 0.3 is 0 Å². The molecule has 1 aliphatic rings. The number of rotatable bonds is 8. The van der Waals surface area contributed by atoms with Gasteiger partial charge in [0.05, 0.1) is 7.11 Å². The summed E-state index contributed by atoms with van der Waals surface area (Å²) in [7, 11) is 1.67. The fourth-order valence-electron chi connectivity index (χ4n) is 3.00. The Hall–Kier alpha value is -1.59. The highest BCUT2D eigenvalue weighted by Gasteiger charge is 2.15. The number of nitrogens with one attached hydrogen (secondary N) is 2. The molecule has 0 saturated carbocycles. The lowest BCUT2D eigenvalue weighted by Crippen LogP contribution is -2.44. The minimum Gasteiger partial charge on any atom is -0.496 e. The topological polar surface area (TPSA) is 53.6 Å². The van der Waals surface area contributed by atoms with E-state index in [1.165, 1.54) is 0 Å². The normalized spacial score (nSPS) is 16.8. The third kappa shape index (κ3) is 5.84. The maximum atomic E-state index is 12.1. The number of ether oxygens (including phenoxy) is 1. The van der Waals surface area contributed by atoms with Crippen molar-refractivity contribution in [3.63, 3.8) is 0 Å². The fourth-order valence-corrected chi connectivity index (χ4v) is 3.00. The first-order valence-corrected chi connectivity index (χ1v) is 8.53. The highest BCUT2D eigenvalue weighted by Crippen LogP contribution is 2.28. The van der Waals surface area contributed by atoms with E-state index in [9.17, 15) is 4.79 Å². The molecule has 128 valence electrons. The van der Waals surface area contributed by atoms with E-state index >= 15 is 0 Å². The molecule has 1 unspecified atom stereocenters. The number of para-hydroxylation sites is 1. The van der Waals surface area contributed by atoms with E-state index in [0.29, 0.717) is 6.42 Å². The minimum atomic E-state index is 0.115. The molecule has 1 aromatic rings. The van der Waals surface area contributed by atoms with Crippen LogP contribution in [0, 0.1) is 0 Å². The van der Waals surface area contributed by atoms with Gasteiger partial charge in [0.25, 0.3) is 0 Å². The molecule has 2 N–H and O–H groups in total. The molecule has 0 bridgehead atoms. The number of nitrogens with zero attached hydrogens (tertiary/aromatic N) is 1. The smallest absolute Gasteiger partial charge is 0.220 e. The van der Waals surface area contributed by atoms with E-state index in [0.717, 1.165) is 57.0 Å². The summed E-state index contributed by atoms with van der Waals surface area (Å²) in [5, 5.41) is 6.39. The first-order valence-electron chi connectivity index (χ1n) is 8.53. The molecule has 1 aromatic carbocycles. The second-order valence-electron chi connectivity index (χ2n) is 6.14. The van der Waals surface area contributed by atoms with E-state index in [4.69, 9.17) is 4.74 Å². The highest BCUT2D eigenvalue weighted by molar-refractivity contribution is 5.76. The second-order valence-corrected chi connectivity index (χ2v) is 6.14. The number of methoxy groups -OCH3 is 1. The molecule has 1 aliphatic heterocycles. The standard InChI is InChI=1S/C18H29N3O2/c1-15(16-6-3-4-7-17(16)23-2)14-18(22)20-8-5-11-21-12-9-19-10-13-21/h3-4,6-7,15,19H,5,8-14H2,1-2H3,(H,20,22). The zero-order valence-electron chi connectivity index (χ0n) is 14.3. The summed E-state index contributed by atoms with van der Waals surface area (Å²) in [6.07, 6.45) is 1.50. The summed E-state index contributed by atoms with van der Waals surface area (Å²) in [6, 6.07) is 7.91. The first kappa shape index (κ1) is 17.8. The number of hydrogen-bond donors (Lipinski definition) is 2. The van der Waals surface area contributed by atoms with Gasteiger partial charge in [0.2, 0.25) is 5.91 Å². The van der Waals surface area contributed by atoms with Crippen molar-refractivity contribution >= 4 is 5.91 Å². The van der Waals surface area contributed by atoms with Crippen molar-refractivity contribution in [2.75, 3.05) is 46.4 Å². The zero-order chi connectivity index (χ0) is 16.5. The average Bonchev–Trinajstić information content (AvgIpc) is 2.59. The van der Waals surface area contributed by atoms with Gasteiger partial charge in [-0.1, -0.05) is 25.1 Å². The van der Waals surface area contributed by atoms with Crippen LogP contribution in [0.5, 0.6) is 5.75 Å². The van der Waals surface area contributed by atoms with Crippen LogP contribution in [0.1, 0.15) is 31.2 Å². The Kier molecular flexibility index (Phi) is 7.36. The lowest BCUT2D eigenvalue weighted by atomic mass is 9.96. The molecule has 0 aliphatic carbocycles. The lowest BCUT2D eigenvalue weighted by Gasteiger charge is -2.27. The van der Waals surface area contributed by atoms with Crippen LogP contribution in [0.15, 0.2) is 24.3 Å². The maximum absolute atomic E-state index is 12.1. The van der Waals surface area contributed by atoms with Crippen molar-refractivity contribution in [1.29, 1.82) is 0 Å². The van der Waals surface area contributed by atoms with Crippen LogP contribution in [-0.4, -0.2) is 57.2 Å². The van der Waals surface area contributed by atoms with Crippen LogP contribution in [0.25, 0.3) is 0 Å². The van der Waals surface area contributed by atoms with Crippen LogP contribution < -0.4 is 15.4 Å². The Balaban J connectivity index is 1.67. The van der Waals surface area contributed by atoms with Crippen molar-refractivity contribution in [2.24, 2.45) is 0 Å². The summed E-state index contributed by atoms with van der Waals surface area (Å²) in [6.45, 7) is 8.24. The van der Waals surface area contributed by atoms with E-state index in [-0.39, 0.29) is 11.8 Å². The van der Waals surface area contributed by atoms with E-state index < -0.39 is 0 Å². The summed E-state index contributed by atoms with van der Waals surface area (Å²) < 4.78 is 5.37. The van der Waals surface area contributed by atoms with E-state index in [2.05, 4.69) is 22.5 Å². The molecule has 0 radical (unpaired) electrons. The van der Waals surface area contributed by atoms with Gasteiger partial charge in [0.15, 0.2) is 0 Å². The Bertz CT molecular complexity index is 487. The van der Waals surface area contributed by atoms with Crippen molar-refractivity contribution in [3.05, 3.63) is 29.8 Å². The molecule has 1 atom stereocenters. The minimum absolute atomic E-state index is 0.115. The highest BCUT2D eigenvalue weighted by atomic mass is 16.5. The molecular formula is C18H29N3O2. The van der Waals surface area contributed by atoms with E-state index in [1.807, 2.05) is 24.3 Å². The van der Waals surface area contributed by atoms with E-state index in [1.54, 1.807) is 7.11 Å². The summed E-state index contributed by atoms with van der Waals surface area (Å²) in [5.74, 6) is 1.12. The molecule has 5 heteroatoms. The zero-order valence-corrected chi connectivity index (χ0v) is 14.3. The van der Waals surface area contributed by atoms with Gasteiger partial charge in [-0.3, -0.25) is 4.79 Å². The number of amides is 1. The number of hydrogen-bond acceptors (Lipinski definition) is 4. The second kappa shape index (κ2) is 9.53. The first-order chi connectivity index (χ1) is 11.2. The molecular weight excluding hydrogens is 290 g/mol. The van der Waals surface area contributed by atoms with Crippen LogP contribution in [-0.2, 0) is 4.79 Å². The van der Waals surface area contributed by atoms with Crippen LogP contribution in [0.3, 0.4) is 0 Å². The monoisotopic (exact) mass is 319 g/mol. The Morgan fingerprint density at radius 3 is 2.83 bits per heavy atom. The van der Waals surface area contributed by atoms with Crippen molar-refractivity contribution in [2.45, 2.75) is 25.7 Å². The van der Waals surface area contributed by atoms with Gasteiger partial charge in [-0.25, -0.2) is 0 Å². The molecule has 5 nitrogen and oxygen atoms in total. The Morgan fingerprint density at radius 2 is 2.09 bits per heavy atom. The van der Waals surface area contributed by atoms with Crippen molar-refractivity contribution in [3.8, 4) is 5.75 Å². The summed E-state index contributed by atoms with van der Waals surface area (Å²) >= 11 is 0. The van der Waals surface area contributed by atoms with Crippen LogP contribution in [0.2, 0.25) is 0 Å². The average molecular weight is 319 g/mol. The summed E-state index contributed by atoms with van der Waals surface area (Å²) in [4.78, 5) is 14.5. The predicted octanol–water partition coefficient (Wildman–Crippen LogP) is 1.60. The number of piperazine rings is 1. The quantitative estimate of drug-likeness (QED) is 0.715. The maximum Gasteiger partial charge on any atom is 0.220 e. The summed E-state index contributed by atoms with van der Waals surface area (Å²) in [5.41, 5.74) is 1.09. The van der Waals surface area contributed by atoms with Crippen molar-refractivity contribution in [1.82, 2.24) is 15.5 Å². The number of benzene rings is 1. The van der Waals surface area contributed by atoms with Crippen LogP contribution in [0.4, 0.5) is 0 Å². The SMILES string of the molecule is COc1ccccc1C(C)CC(=O)NCCCN1CCNCC1. The van der Waals surface area contributed by atoms with Crippen molar-refractivity contribution < 1.29 is 9.53 Å². The van der Waals surface area contributed by atoms with Crippen LogP contribution >= 0.6 is 0 Å². The molecule has 1 amide bonds. The largest absolute Gasteiger partial charge is 0.496 e. The molecule has 0 spiro atoms. The lowest BCUT2D eigenvalue weighted by molar-refractivity contribution is -0.121. The van der Waals surface area contributed by atoms with Gasteiger partial charge in [-0.05, 0) is 30.5 Å². The fraction of sp³-hybridized carbons (Fsp3) is 0.611. The molecule has 23 heavy (non-hydrogen) atoms. The third-order valence-electron chi connectivity index (χ3n) is 4.34. The Morgan fingerprint density at radius 1 is 1.35 bits per heavy atom. The number of carbonyl (C=O) groups excluding carboxylic acids is 1.